The molecule has 2 aromatic carbocycles. The first-order chi connectivity index (χ1) is 8.18. The predicted octanol–water partition coefficient (Wildman–Crippen LogP) is 3.32. The minimum absolute atomic E-state index is 0.166. The molecule has 0 fully saturated rings. The first kappa shape index (κ1) is 11.5. The molecule has 0 saturated heterocycles. The zero-order valence-corrected chi connectivity index (χ0v) is 9.66. The molecule has 0 bridgehead atoms. The highest BCUT2D eigenvalue weighted by Crippen LogP contribution is 2.26. The van der Waals surface area contributed by atoms with Crippen LogP contribution in [0.5, 0.6) is 0 Å². The van der Waals surface area contributed by atoms with Crippen LogP contribution in [-0.4, -0.2) is 11.1 Å². The number of benzene rings is 2. The van der Waals surface area contributed by atoms with Crippen LogP contribution in [0.4, 0.5) is 0 Å². The molecule has 0 saturated carbocycles. The highest BCUT2D eigenvalue weighted by atomic mass is 35.5. The molecule has 0 heterocycles. The first-order valence-corrected chi connectivity index (χ1v) is 5.44. The van der Waals surface area contributed by atoms with Crippen molar-refractivity contribution in [2.24, 2.45) is 0 Å². The Morgan fingerprint density at radius 3 is 2.65 bits per heavy atom. The zero-order valence-electron chi connectivity index (χ0n) is 8.90. The van der Waals surface area contributed by atoms with Crippen LogP contribution in [0.3, 0.4) is 0 Å². The average molecular weight is 245 g/mol. The van der Waals surface area contributed by atoms with Crippen molar-refractivity contribution >= 4 is 28.3 Å². The van der Waals surface area contributed by atoms with Gasteiger partial charge in [-0.15, -0.1) is 0 Å². The van der Waals surface area contributed by atoms with Crippen LogP contribution in [0, 0.1) is 11.8 Å². The zero-order chi connectivity index (χ0) is 12.3. The molecule has 0 unspecified atom stereocenters. The molecule has 3 heteroatoms. The van der Waals surface area contributed by atoms with Crippen molar-refractivity contribution < 1.29 is 9.90 Å². The number of halogens is 1. The van der Waals surface area contributed by atoms with E-state index in [4.69, 9.17) is 16.7 Å². The Morgan fingerprint density at radius 1 is 1.24 bits per heavy atom. The number of hydrogen-bond donors (Lipinski definition) is 1. The Kier molecular flexibility index (Phi) is 3.32. The standard InChI is InChI=1S/C14H9ClO2/c15-12-8-2-6-10-4-1-5-11(14(10)12)7-3-9-13(16)17/h1-2,4-6,8H,9H2,(H,16,17). The van der Waals surface area contributed by atoms with E-state index in [1.165, 1.54) is 0 Å². The number of rotatable bonds is 1. The summed E-state index contributed by atoms with van der Waals surface area (Å²) in [5.41, 5.74) is 0.759. The van der Waals surface area contributed by atoms with Gasteiger partial charge in [-0.05, 0) is 17.5 Å². The lowest BCUT2D eigenvalue weighted by molar-refractivity contribution is -0.135. The lowest BCUT2D eigenvalue weighted by Gasteiger charge is -2.02. The highest BCUT2D eigenvalue weighted by Gasteiger charge is 2.02. The third-order valence-corrected chi connectivity index (χ3v) is 2.63. The van der Waals surface area contributed by atoms with Gasteiger partial charge in [-0.2, -0.15) is 0 Å². The van der Waals surface area contributed by atoms with Crippen molar-refractivity contribution in [3.8, 4) is 11.8 Å². The van der Waals surface area contributed by atoms with Gasteiger partial charge in [-0.1, -0.05) is 47.7 Å². The van der Waals surface area contributed by atoms with Crippen LogP contribution in [0.2, 0.25) is 5.02 Å². The van der Waals surface area contributed by atoms with Gasteiger partial charge in [0.15, 0.2) is 0 Å². The Bertz CT molecular complexity index is 630. The van der Waals surface area contributed by atoms with Gasteiger partial charge in [0.25, 0.3) is 0 Å². The SMILES string of the molecule is O=C(O)CC#Cc1cccc2cccc(Cl)c12. The van der Waals surface area contributed by atoms with Crippen LogP contribution in [0.1, 0.15) is 12.0 Å². The van der Waals surface area contributed by atoms with Gasteiger partial charge in [0, 0.05) is 16.0 Å². The summed E-state index contributed by atoms with van der Waals surface area (Å²) in [4.78, 5) is 10.4. The maximum atomic E-state index is 10.4. The highest BCUT2D eigenvalue weighted by molar-refractivity contribution is 6.36. The van der Waals surface area contributed by atoms with Crippen molar-refractivity contribution in [2.45, 2.75) is 6.42 Å². The molecule has 0 radical (unpaired) electrons. The summed E-state index contributed by atoms with van der Waals surface area (Å²) in [6.07, 6.45) is -0.166. The van der Waals surface area contributed by atoms with E-state index in [1.54, 1.807) is 6.07 Å². The minimum Gasteiger partial charge on any atom is -0.481 e. The van der Waals surface area contributed by atoms with E-state index in [1.807, 2.05) is 30.3 Å². The van der Waals surface area contributed by atoms with Crippen LogP contribution in [0.15, 0.2) is 36.4 Å². The molecule has 0 aromatic heterocycles. The van der Waals surface area contributed by atoms with Gasteiger partial charge >= 0.3 is 5.97 Å². The molecular formula is C14H9ClO2. The van der Waals surface area contributed by atoms with Crippen LogP contribution >= 0.6 is 11.6 Å². The molecule has 17 heavy (non-hydrogen) atoms. The van der Waals surface area contributed by atoms with Crippen LogP contribution in [0.25, 0.3) is 10.8 Å². The van der Waals surface area contributed by atoms with E-state index >= 15 is 0 Å². The molecule has 0 aliphatic rings. The number of carboxylic acid groups (broad SMARTS) is 1. The van der Waals surface area contributed by atoms with E-state index in [-0.39, 0.29) is 6.42 Å². The minimum atomic E-state index is -0.927. The summed E-state index contributed by atoms with van der Waals surface area (Å²) in [6, 6.07) is 11.3. The van der Waals surface area contributed by atoms with E-state index in [0.29, 0.717) is 5.02 Å². The monoisotopic (exact) mass is 244 g/mol. The average Bonchev–Trinajstić information content (AvgIpc) is 2.29. The summed E-state index contributed by atoms with van der Waals surface area (Å²) in [5.74, 6) is 4.53. The maximum absolute atomic E-state index is 10.4. The second-order valence-corrected chi connectivity index (χ2v) is 3.92. The quantitative estimate of drug-likeness (QED) is 0.782. The second-order valence-electron chi connectivity index (χ2n) is 3.52. The normalized spacial score (nSPS) is 9.71. The molecule has 84 valence electrons. The van der Waals surface area contributed by atoms with Crippen LogP contribution < -0.4 is 0 Å². The number of aliphatic carboxylic acids is 1. The van der Waals surface area contributed by atoms with Crippen molar-refractivity contribution in [2.75, 3.05) is 0 Å². The lowest BCUT2D eigenvalue weighted by Crippen LogP contribution is -1.90. The van der Waals surface area contributed by atoms with E-state index in [0.717, 1.165) is 16.3 Å². The molecule has 0 spiro atoms. The number of carbonyl (C=O) groups is 1. The topological polar surface area (TPSA) is 37.3 Å². The third-order valence-electron chi connectivity index (χ3n) is 2.32. The largest absolute Gasteiger partial charge is 0.481 e. The number of hydrogen-bond acceptors (Lipinski definition) is 1. The third kappa shape index (κ3) is 2.58. The molecule has 2 nitrogen and oxygen atoms in total. The van der Waals surface area contributed by atoms with Gasteiger partial charge in [0.1, 0.15) is 6.42 Å². The van der Waals surface area contributed by atoms with Crippen LogP contribution in [-0.2, 0) is 4.79 Å². The molecule has 0 aliphatic heterocycles. The summed E-state index contributed by atoms with van der Waals surface area (Å²) in [5, 5.41) is 11.0. The van der Waals surface area contributed by atoms with Gasteiger partial charge in [-0.3, -0.25) is 4.79 Å². The summed E-state index contributed by atoms with van der Waals surface area (Å²) < 4.78 is 0. The fraction of sp³-hybridized carbons (Fsp3) is 0.0714. The van der Waals surface area contributed by atoms with Crippen molar-refractivity contribution in [3.63, 3.8) is 0 Å². The Morgan fingerprint density at radius 2 is 1.94 bits per heavy atom. The van der Waals surface area contributed by atoms with Gasteiger partial charge < -0.3 is 5.11 Å². The second kappa shape index (κ2) is 4.90. The van der Waals surface area contributed by atoms with Gasteiger partial charge in [0.05, 0.1) is 0 Å². The predicted molar refractivity (Wildman–Crippen MR) is 68.1 cm³/mol. The van der Waals surface area contributed by atoms with Crippen molar-refractivity contribution in [1.29, 1.82) is 0 Å². The van der Waals surface area contributed by atoms with Crippen molar-refractivity contribution in [3.05, 3.63) is 47.0 Å². The molecule has 0 amide bonds. The summed E-state index contributed by atoms with van der Waals surface area (Å²) >= 11 is 6.12. The summed E-state index contributed by atoms with van der Waals surface area (Å²) in [6.45, 7) is 0. The molecule has 2 rings (SSSR count). The lowest BCUT2D eigenvalue weighted by atomic mass is 10.0. The molecule has 0 atom stereocenters. The smallest absolute Gasteiger partial charge is 0.315 e. The molecule has 2 aromatic rings. The van der Waals surface area contributed by atoms with Gasteiger partial charge in [0.2, 0.25) is 0 Å². The van der Waals surface area contributed by atoms with E-state index in [2.05, 4.69) is 11.8 Å². The summed E-state index contributed by atoms with van der Waals surface area (Å²) in [7, 11) is 0. The fourth-order valence-electron chi connectivity index (χ4n) is 1.61. The fourth-order valence-corrected chi connectivity index (χ4v) is 1.90. The number of carboxylic acids is 1. The van der Waals surface area contributed by atoms with Gasteiger partial charge in [-0.25, -0.2) is 0 Å². The van der Waals surface area contributed by atoms with E-state index < -0.39 is 5.97 Å². The maximum Gasteiger partial charge on any atom is 0.315 e. The Balaban J connectivity index is 2.53. The molecular weight excluding hydrogens is 236 g/mol. The molecule has 0 aliphatic carbocycles. The molecule has 1 N–H and O–H groups in total. The number of fused-ring (bicyclic) bond motifs is 1. The van der Waals surface area contributed by atoms with Crippen molar-refractivity contribution in [1.82, 2.24) is 0 Å². The Labute approximate surface area is 104 Å². The first-order valence-electron chi connectivity index (χ1n) is 5.06. The van der Waals surface area contributed by atoms with E-state index in [9.17, 15) is 4.79 Å². The Hall–Kier alpha value is -1.98.